The highest BCUT2D eigenvalue weighted by atomic mass is 32.1. The molecule has 2 fully saturated rings. The zero-order chi connectivity index (χ0) is 27.8. The molecule has 0 aliphatic carbocycles. The summed E-state index contributed by atoms with van der Waals surface area (Å²) < 4.78 is 16.6. The number of methoxy groups -OCH3 is 1. The molecule has 2 N–H and O–H groups in total. The maximum Gasteiger partial charge on any atom is 0.253 e. The first-order valence-corrected chi connectivity index (χ1v) is 14.6. The SMILES string of the molecule is C/C=C(/Nc1ccc(CN2CCOCC2(C)C)cc1C(=O)NCCOC)c1csc(N(C)C[C@H]2CCCO2)n1. The smallest absolute Gasteiger partial charge is 0.253 e. The molecular weight excluding hydrogens is 514 g/mol. The summed E-state index contributed by atoms with van der Waals surface area (Å²) in [5, 5.41) is 9.48. The fourth-order valence-electron chi connectivity index (χ4n) is 4.92. The minimum Gasteiger partial charge on any atom is -0.383 e. The molecule has 2 aromatic rings. The summed E-state index contributed by atoms with van der Waals surface area (Å²) in [6.07, 6.45) is 4.48. The van der Waals surface area contributed by atoms with Crippen LogP contribution in [0.15, 0.2) is 29.7 Å². The van der Waals surface area contributed by atoms with Gasteiger partial charge in [-0.2, -0.15) is 0 Å². The topological polar surface area (TPSA) is 88.2 Å². The maximum absolute atomic E-state index is 13.3. The molecule has 1 aromatic heterocycles. The van der Waals surface area contributed by atoms with Crippen molar-refractivity contribution in [3.8, 4) is 0 Å². The molecule has 9 nitrogen and oxygen atoms in total. The summed E-state index contributed by atoms with van der Waals surface area (Å²) >= 11 is 1.61. The van der Waals surface area contributed by atoms with Crippen LogP contribution in [0.2, 0.25) is 0 Å². The molecule has 3 heterocycles. The van der Waals surface area contributed by atoms with Crippen molar-refractivity contribution in [2.75, 3.05) is 70.4 Å². The Morgan fingerprint density at radius 1 is 1.36 bits per heavy atom. The number of nitrogens with zero attached hydrogens (tertiary/aromatic N) is 3. The molecule has 0 radical (unpaired) electrons. The second-order valence-corrected chi connectivity index (χ2v) is 11.6. The van der Waals surface area contributed by atoms with Crippen molar-refractivity contribution in [2.45, 2.75) is 51.8 Å². The number of aromatic nitrogens is 1. The number of morpholine rings is 1. The highest BCUT2D eigenvalue weighted by molar-refractivity contribution is 7.13. The summed E-state index contributed by atoms with van der Waals surface area (Å²) in [4.78, 5) is 22.7. The van der Waals surface area contributed by atoms with Gasteiger partial charge >= 0.3 is 0 Å². The van der Waals surface area contributed by atoms with Crippen LogP contribution in [0, 0.1) is 0 Å². The lowest BCUT2D eigenvalue weighted by Crippen LogP contribution is -2.52. The van der Waals surface area contributed by atoms with Gasteiger partial charge in [0.1, 0.15) is 0 Å². The predicted octanol–water partition coefficient (Wildman–Crippen LogP) is 4.22. The average molecular weight is 558 g/mol. The molecule has 0 spiro atoms. The third-order valence-electron chi connectivity index (χ3n) is 7.26. The normalized spacial score (nSPS) is 19.7. The largest absolute Gasteiger partial charge is 0.383 e. The minimum absolute atomic E-state index is 0.0620. The van der Waals surface area contributed by atoms with Gasteiger partial charge in [-0.3, -0.25) is 9.69 Å². The van der Waals surface area contributed by atoms with Crippen LogP contribution in [0.4, 0.5) is 10.8 Å². The molecule has 1 atom stereocenters. The molecule has 2 aliphatic heterocycles. The van der Waals surface area contributed by atoms with Gasteiger partial charge in [-0.1, -0.05) is 12.1 Å². The van der Waals surface area contributed by atoms with Gasteiger partial charge in [0, 0.05) is 57.9 Å². The number of likely N-dealkylation sites (N-methyl/N-ethyl adjacent to an activating group) is 1. The number of anilines is 2. The lowest BCUT2D eigenvalue weighted by molar-refractivity contribution is -0.0552. The average Bonchev–Trinajstić information content (AvgIpc) is 3.62. The van der Waals surface area contributed by atoms with E-state index in [1.165, 1.54) is 0 Å². The van der Waals surface area contributed by atoms with Gasteiger partial charge < -0.3 is 29.7 Å². The molecule has 1 aromatic carbocycles. The Morgan fingerprint density at radius 3 is 2.92 bits per heavy atom. The number of hydrogen-bond acceptors (Lipinski definition) is 9. The fraction of sp³-hybridized carbons (Fsp3) is 0.586. The molecule has 4 rings (SSSR count). The van der Waals surface area contributed by atoms with E-state index in [2.05, 4.69) is 52.8 Å². The van der Waals surface area contributed by atoms with E-state index in [9.17, 15) is 4.79 Å². The third kappa shape index (κ3) is 7.79. The summed E-state index contributed by atoms with van der Waals surface area (Å²) in [6, 6.07) is 6.08. The number of rotatable bonds is 12. The summed E-state index contributed by atoms with van der Waals surface area (Å²) in [7, 11) is 3.69. The van der Waals surface area contributed by atoms with Gasteiger partial charge in [0.2, 0.25) is 0 Å². The number of carbonyl (C=O) groups excluding carboxylic acids is 1. The molecule has 39 heavy (non-hydrogen) atoms. The van der Waals surface area contributed by atoms with Gasteiger partial charge in [-0.15, -0.1) is 11.3 Å². The Morgan fingerprint density at radius 2 is 2.21 bits per heavy atom. The Balaban J connectivity index is 1.52. The van der Waals surface area contributed by atoms with Gasteiger partial charge in [0.15, 0.2) is 5.13 Å². The summed E-state index contributed by atoms with van der Waals surface area (Å²) in [5.41, 5.74) is 4.07. The third-order valence-corrected chi connectivity index (χ3v) is 8.22. The number of amides is 1. The number of hydrogen-bond donors (Lipinski definition) is 2. The zero-order valence-corrected chi connectivity index (χ0v) is 24.7. The van der Waals surface area contributed by atoms with E-state index in [-0.39, 0.29) is 17.6 Å². The van der Waals surface area contributed by atoms with Crippen molar-refractivity contribution in [1.82, 2.24) is 15.2 Å². The fourth-order valence-corrected chi connectivity index (χ4v) is 5.72. The van der Waals surface area contributed by atoms with E-state index in [0.717, 1.165) is 73.5 Å². The van der Waals surface area contributed by atoms with E-state index >= 15 is 0 Å². The highest BCUT2D eigenvalue weighted by Gasteiger charge is 2.30. The van der Waals surface area contributed by atoms with Crippen molar-refractivity contribution in [3.63, 3.8) is 0 Å². The Bertz CT molecular complexity index is 1130. The second kappa shape index (κ2) is 13.7. The van der Waals surface area contributed by atoms with Crippen molar-refractivity contribution >= 4 is 33.8 Å². The molecule has 1 amide bonds. The van der Waals surface area contributed by atoms with Crippen LogP contribution in [0.25, 0.3) is 5.70 Å². The van der Waals surface area contributed by atoms with Crippen LogP contribution in [-0.4, -0.2) is 87.7 Å². The zero-order valence-electron chi connectivity index (χ0n) is 23.9. The van der Waals surface area contributed by atoms with Crippen LogP contribution >= 0.6 is 11.3 Å². The van der Waals surface area contributed by atoms with Crippen molar-refractivity contribution in [2.24, 2.45) is 0 Å². The maximum atomic E-state index is 13.3. The van der Waals surface area contributed by atoms with Crippen LogP contribution in [0.5, 0.6) is 0 Å². The number of carbonyl (C=O) groups is 1. The quantitative estimate of drug-likeness (QED) is 0.375. The first-order valence-electron chi connectivity index (χ1n) is 13.8. The van der Waals surface area contributed by atoms with Gasteiger partial charge in [-0.05, 0) is 51.3 Å². The van der Waals surface area contributed by atoms with E-state index < -0.39 is 0 Å². The van der Waals surface area contributed by atoms with E-state index in [1.54, 1.807) is 18.4 Å². The number of allylic oxidation sites excluding steroid dienone is 1. The Labute approximate surface area is 236 Å². The minimum atomic E-state index is -0.136. The number of nitrogens with one attached hydrogen (secondary N) is 2. The molecule has 0 unspecified atom stereocenters. The Hall–Kier alpha value is -2.50. The number of benzene rings is 1. The molecule has 2 saturated heterocycles. The van der Waals surface area contributed by atoms with Gasteiger partial charge in [0.05, 0.1) is 48.6 Å². The van der Waals surface area contributed by atoms with E-state index in [4.69, 9.17) is 19.2 Å². The van der Waals surface area contributed by atoms with Crippen LogP contribution in [0.3, 0.4) is 0 Å². The van der Waals surface area contributed by atoms with Crippen LogP contribution in [0.1, 0.15) is 55.2 Å². The monoisotopic (exact) mass is 557 g/mol. The van der Waals surface area contributed by atoms with Crippen molar-refractivity contribution in [1.29, 1.82) is 0 Å². The highest BCUT2D eigenvalue weighted by Crippen LogP contribution is 2.29. The van der Waals surface area contributed by atoms with Crippen LogP contribution < -0.4 is 15.5 Å². The van der Waals surface area contributed by atoms with Gasteiger partial charge in [-0.25, -0.2) is 4.98 Å². The molecule has 0 bridgehead atoms. The number of ether oxygens (including phenoxy) is 3. The number of thiazole rings is 1. The molecular formula is C29H43N5O4S. The van der Waals surface area contributed by atoms with Crippen LogP contribution in [-0.2, 0) is 20.8 Å². The lowest BCUT2D eigenvalue weighted by atomic mass is 10.00. The standard InChI is InChI=1S/C29H43N5O4S/c1-6-24(26-19-39-28(32-26)33(4)18-22-8-7-13-38-22)31-25-10-9-21(16-23(25)27(35)30-11-14-36-5)17-34-12-15-37-20-29(34,2)3/h6,9-10,16,19,22,31H,7-8,11-15,17-18,20H2,1-5H3,(H,30,35)/b24-6+/t22-/m1/s1. The Kier molecular flexibility index (Phi) is 10.4. The van der Waals surface area contributed by atoms with E-state index in [0.29, 0.717) is 25.3 Å². The first kappa shape index (κ1) is 29.5. The summed E-state index contributed by atoms with van der Waals surface area (Å²) in [6.45, 7) is 12.0. The molecule has 2 aliphatic rings. The van der Waals surface area contributed by atoms with Crippen molar-refractivity contribution in [3.05, 3.63) is 46.5 Å². The second-order valence-electron chi connectivity index (χ2n) is 10.8. The molecule has 10 heteroatoms. The predicted molar refractivity (Wildman–Crippen MR) is 158 cm³/mol. The summed E-state index contributed by atoms with van der Waals surface area (Å²) in [5.74, 6) is -0.136. The van der Waals surface area contributed by atoms with Gasteiger partial charge in [0.25, 0.3) is 5.91 Å². The lowest BCUT2D eigenvalue weighted by Gasteiger charge is -2.42. The van der Waals surface area contributed by atoms with E-state index in [1.807, 2.05) is 25.1 Å². The first-order chi connectivity index (χ1) is 18.8. The molecule has 214 valence electrons. The molecule has 0 saturated carbocycles. The van der Waals surface area contributed by atoms with Crippen molar-refractivity contribution < 1.29 is 19.0 Å².